The average Bonchev–Trinajstić information content (AvgIpc) is 2.69. The van der Waals surface area contributed by atoms with Gasteiger partial charge < -0.3 is 14.8 Å². The molecule has 1 N–H and O–H groups in total. The topological polar surface area (TPSA) is 71.3 Å². The second-order valence-electron chi connectivity index (χ2n) is 6.60. The average molecular weight is 457 g/mol. The van der Waals surface area contributed by atoms with Crippen LogP contribution in [0.2, 0.25) is 0 Å². The predicted octanol–water partition coefficient (Wildman–Crippen LogP) is 5.74. The largest absolute Gasteiger partial charge is 0.490 e. The molecule has 2 rings (SSSR count). The molecule has 0 bridgehead atoms. The van der Waals surface area contributed by atoms with E-state index in [1.165, 1.54) is 11.6 Å². The minimum atomic E-state index is -0.465. The van der Waals surface area contributed by atoms with Crippen LogP contribution in [-0.4, -0.2) is 18.6 Å². The smallest absolute Gasteiger partial charge is 0.266 e. The van der Waals surface area contributed by atoms with E-state index in [4.69, 9.17) is 9.47 Å². The van der Waals surface area contributed by atoms with Gasteiger partial charge in [-0.05, 0) is 84.6 Å². The van der Waals surface area contributed by atoms with Crippen molar-refractivity contribution in [3.8, 4) is 17.6 Å². The molecule has 152 valence electrons. The quantitative estimate of drug-likeness (QED) is 0.405. The second kappa shape index (κ2) is 10.7. The molecule has 0 radical (unpaired) electrons. The molecule has 0 heterocycles. The van der Waals surface area contributed by atoms with E-state index in [-0.39, 0.29) is 11.7 Å². The Kier molecular flexibility index (Phi) is 8.29. The van der Waals surface area contributed by atoms with E-state index < -0.39 is 5.91 Å². The van der Waals surface area contributed by atoms with Gasteiger partial charge in [-0.15, -0.1) is 0 Å². The summed E-state index contributed by atoms with van der Waals surface area (Å²) in [5, 5.41) is 12.2. The number of nitriles is 1. The van der Waals surface area contributed by atoms with E-state index in [9.17, 15) is 10.1 Å². The molecule has 2 aromatic carbocycles. The lowest BCUT2D eigenvalue weighted by molar-refractivity contribution is -0.112. The number of hydrogen-bond acceptors (Lipinski definition) is 4. The third-order valence-electron chi connectivity index (χ3n) is 3.98. The van der Waals surface area contributed by atoms with Gasteiger partial charge in [-0.3, -0.25) is 4.79 Å². The molecule has 0 atom stereocenters. The fourth-order valence-electron chi connectivity index (χ4n) is 2.62. The third kappa shape index (κ3) is 6.37. The maximum absolute atomic E-state index is 12.5. The van der Waals surface area contributed by atoms with E-state index in [2.05, 4.69) is 28.2 Å². The zero-order valence-corrected chi connectivity index (χ0v) is 18.7. The number of anilines is 1. The van der Waals surface area contributed by atoms with E-state index in [0.717, 1.165) is 6.42 Å². The zero-order valence-electron chi connectivity index (χ0n) is 17.1. The SMILES string of the molecule is CCOc1cc(/C=C(\C#N)C(=O)Nc2ccc(CC)cc2)cc(Br)c1OC(C)C. The van der Waals surface area contributed by atoms with E-state index in [0.29, 0.717) is 33.8 Å². The molecule has 1 amide bonds. The van der Waals surface area contributed by atoms with Crippen molar-refractivity contribution in [2.24, 2.45) is 0 Å². The molecule has 5 nitrogen and oxygen atoms in total. The van der Waals surface area contributed by atoms with Gasteiger partial charge in [0.2, 0.25) is 0 Å². The molecular weight excluding hydrogens is 432 g/mol. The normalized spacial score (nSPS) is 11.1. The van der Waals surface area contributed by atoms with E-state index >= 15 is 0 Å². The van der Waals surface area contributed by atoms with Crippen LogP contribution in [0, 0.1) is 11.3 Å². The van der Waals surface area contributed by atoms with Crippen LogP contribution in [0.3, 0.4) is 0 Å². The van der Waals surface area contributed by atoms with Crippen molar-refractivity contribution < 1.29 is 14.3 Å². The summed E-state index contributed by atoms with van der Waals surface area (Å²) in [6.45, 7) is 8.28. The highest BCUT2D eigenvalue weighted by atomic mass is 79.9. The van der Waals surface area contributed by atoms with Gasteiger partial charge in [0.1, 0.15) is 11.6 Å². The highest BCUT2D eigenvalue weighted by molar-refractivity contribution is 9.10. The molecule has 2 aromatic rings. The molecule has 0 saturated carbocycles. The lowest BCUT2D eigenvalue weighted by Crippen LogP contribution is -2.13. The summed E-state index contributed by atoms with van der Waals surface area (Å²) >= 11 is 3.49. The Labute approximate surface area is 180 Å². The summed E-state index contributed by atoms with van der Waals surface area (Å²) in [6, 6.07) is 13.1. The highest BCUT2D eigenvalue weighted by Crippen LogP contribution is 2.38. The minimum Gasteiger partial charge on any atom is -0.490 e. The van der Waals surface area contributed by atoms with Crippen LogP contribution in [0.15, 0.2) is 46.4 Å². The second-order valence-corrected chi connectivity index (χ2v) is 7.46. The van der Waals surface area contributed by atoms with Crippen molar-refractivity contribution in [2.45, 2.75) is 40.2 Å². The molecule has 0 saturated heterocycles. The van der Waals surface area contributed by atoms with Crippen molar-refractivity contribution in [2.75, 3.05) is 11.9 Å². The van der Waals surface area contributed by atoms with Crippen LogP contribution in [0.5, 0.6) is 11.5 Å². The third-order valence-corrected chi connectivity index (χ3v) is 4.57. The first kappa shape index (κ1) is 22.5. The summed E-state index contributed by atoms with van der Waals surface area (Å²) in [5.41, 5.74) is 2.47. The van der Waals surface area contributed by atoms with Crippen molar-refractivity contribution >= 4 is 33.6 Å². The van der Waals surface area contributed by atoms with Crippen LogP contribution in [-0.2, 0) is 11.2 Å². The first-order chi connectivity index (χ1) is 13.9. The molecule has 0 unspecified atom stereocenters. The fourth-order valence-corrected chi connectivity index (χ4v) is 3.17. The molecule has 0 fully saturated rings. The Bertz CT molecular complexity index is 928. The first-order valence-corrected chi connectivity index (χ1v) is 10.3. The Balaban J connectivity index is 2.30. The Hall–Kier alpha value is -2.78. The van der Waals surface area contributed by atoms with Crippen molar-refractivity contribution in [1.82, 2.24) is 0 Å². The van der Waals surface area contributed by atoms with Crippen molar-refractivity contribution in [1.29, 1.82) is 5.26 Å². The number of hydrogen-bond donors (Lipinski definition) is 1. The lowest BCUT2D eigenvalue weighted by Gasteiger charge is -2.17. The Morgan fingerprint density at radius 1 is 1.24 bits per heavy atom. The van der Waals surface area contributed by atoms with E-state index in [1.807, 2.05) is 51.1 Å². The van der Waals surface area contributed by atoms with Crippen molar-refractivity contribution in [3.05, 3.63) is 57.6 Å². The molecule has 6 heteroatoms. The number of carbonyl (C=O) groups excluding carboxylic acids is 1. The molecule has 0 aliphatic heterocycles. The van der Waals surface area contributed by atoms with Crippen LogP contribution in [0.25, 0.3) is 6.08 Å². The summed E-state index contributed by atoms with van der Waals surface area (Å²) in [6.07, 6.45) is 2.43. The first-order valence-electron chi connectivity index (χ1n) is 9.53. The molecule has 0 aliphatic rings. The van der Waals surface area contributed by atoms with Gasteiger partial charge in [-0.2, -0.15) is 5.26 Å². The van der Waals surface area contributed by atoms with Crippen molar-refractivity contribution in [3.63, 3.8) is 0 Å². The number of benzene rings is 2. The number of nitrogens with one attached hydrogen (secondary N) is 1. The lowest BCUT2D eigenvalue weighted by atomic mass is 10.1. The molecule has 0 spiro atoms. The van der Waals surface area contributed by atoms with Gasteiger partial charge >= 0.3 is 0 Å². The minimum absolute atomic E-state index is 0.00329. The number of amides is 1. The molecule has 0 aliphatic carbocycles. The number of carbonyl (C=O) groups is 1. The van der Waals surface area contributed by atoms with Gasteiger partial charge in [-0.1, -0.05) is 19.1 Å². The standard InChI is InChI=1S/C23H25BrN2O3/c1-5-16-7-9-19(10-8-16)26-23(27)18(14-25)11-17-12-20(24)22(29-15(3)4)21(13-17)28-6-2/h7-13,15H,5-6H2,1-4H3,(H,26,27)/b18-11+. The number of ether oxygens (including phenoxy) is 2. The van der Waals surface area contributed by atoms with Gasteiger partial charge in [0.15, 0.2) is 11.5 Å². The maximum Gasteiger partial charge on any atom is 0.266 e. The summed E-state index contributed by atoms with van der Waals surface area (Å²) < 4.78 is 12.2. The fraction of sp³-hybridized carbons (Fsp3) is 0.304. The van der Waals surface area contributed by atoms with Gasteiger partial charge in [0, 0.05) is 5.69 Å². The zero-order chi connectivity index (χ0) is 21.4. The van der Waals surface area contributed by atoms with Gasteiger partial charge in [0.25, 0.3) is 5.91 Å². The number of nitrogens with zero attached hydrogens (tertiary/aromatic N) is 1. The van der Waals surface area contributed by atoms with Crippen LogP contribution >= 0.6 is 15.9 Å². The molecule has 29 heavy (non-hydrogen) atoms. The number of rotatable bonds is 8. The monoisotopic (exact) mass is 456 g/mol. The van der Waals surface area contributed by atoms with Gasteiger partial charge in [0.05, 0.1) is 17.2 Å². The Morgan fingerprint density at radius 2 is 1.93 bits per heavy atom. The van der Waals surface area contributed by atoms with Crippen LogP contribution in [0.1, 0.15) is 38.8 Å². The maximum atomic E-state index is 12.5. The molecule has 0 aromatic heterocycles. The number of aryl methyl sites for hydroxylation is 1. The van der Waals surface area contributed by atoms with Crippen LogP contribution < -0.4 is 14.8 Å². The predicted molar refractivity (Wildman–Crippen MR) is 119 cm³/mol. The van der Waals surface area contributed by atoms with Gasteiger partial charge in [-0.25, -0.2) is 0 Å². The molecular formula is C23H25BrN2O3. The summed E-state index contributed by atoms with van der Waals surface area (Å²) in [5.74, 6) is 0.681. The number of halogens is 1. The Morgan fingerprint density at radius 3 is 2.48 bits per heavy atom. The van der Waals surface area contributed by atoms with Crippen LogP contribution in [0.4, 0.5) is 5.69 Å². The summed E-state index contributed by atoms with van der Waals surface area (Å²) in [7, 11) is 0. The highest BCUT2D eigenvalue weighted by Gasteiger charge is 2.15. The van der Waals surface area contributed by atoms with E-state index in [1.54, 1.807) is 12.1 Å². The summed E-state index contributed by atoms with van der Waals surface area (Å²) in [4.78, 5) is 12.5.